The van der Waals surface area contributed by atoms with Crippen LogP contribution in [0.15, 0.2) is 47.2 Å². The van der Waals surface area contributed by atoms with Crippen molar-refractivity contribution in [3.63, 3.8) is 0 Å². The highest BCUT2D eigenvalue weighted by Crippen LogP contribution is 1.86. The molecule has 0 unspecified atom stereocenters. The van der Waals surface area contributed by atoms with Gasteiger partial charge in [-0.25, -0.2) is 0 Å². The van der Waals surface area contributed by atoms with Crippen molar-refractivity contribution in [3.8, 4) is 0 Å². The van der Waals surface area contributed by atoms with E-state index >= 15 is 0 Å². The molecule has 0 saturated carbocycles. The van der Waals surface area contributed by atoms with Crippen LogP contribution in [-0.2, 0) is 0 Å². The van der Waals surface area contributed by atoms with E-state index < -0.39 is 0 Å². The summed E-state index contributed by atoms with van der Waals surface area (Å²) in [6.45, 7) is 1.21. The van der Waals surface area contributed by atoms with Crippen molar-refractivity contribution in [1.29, 1.82) is 0 Å². The fourth-order valence-electron chi connectivity index (χ4n) is 1.19. The Morgan fingerprint density at radius 3 is 1.67 bits per heavy atom. The molecule has 6 nitrogen and oxygen atoms in total. The van der Waals surface area contributed by atoms with Gasteiger partial charge in [0.1, 0.15) is 0 Å². The minimum atomic E-state index is 0.605. The van der Waals surface area contributed by atoms with Gasteiger partial charge in [-0.15, -0.1) is 0 Å². The normalized spacial score (nSPS) is 11.3. The van der Waals surface area contributed by atoms with Gasteiger partial charge in [0.05, 0.1) is 36.9 Å². The van der Waals surface area contributed by atoms with E-state index in [1.54, 1.807) is 49.6 Å². The fraction of sp³-hybridized carbons (Fsp3) is 0.167. The molecule has 18 heavy (non-hydrogen) atoms. The topological polar surface area (TPSA) is 76.3 Å². The summed E-state index contributed by atoms with van der Waals surface area (Å²) in [5.74, 6) is 0. The summed E-state index contributed by atoms with van der Waals surface area (Å²) >= 11 is 0. The van der Waals surface area contributed by atoms with E-state index in [9.17, 15) is 0 Å². The predicted molar refractivity (Wildman–Crippen MR) is 69.0 cm³/mol. The molecule has 0 aliphatic rings. The molecule has 0 aliphatic carbocycles. The molecule has 0 radical (unpaired) electrons. The molecule has 0 spiro atoms. The summed E-state index contributed by atoms with van der Waals surface area (Å²) in [5.41, 5.74) is 1.49. The molecule has 6 heteroatoms. The van der Waals surface area contributed by atoms with Gasteiger partial charge in [-0.1, -0.05) is 0 Å². The van der Waals surface area contributed by atoms with Crippen molar-refractivity contribution < 1.29 is 0 Å². The third-order valence-corrected chi connectivity index (χ3v) is 1.97. The Bertz CT molecular complexity index is 459. The van der Waals surface area contributed by atoms with Crippen molar-refractivity contribution in [1.82, 2.24) is 19.9 Å². The predicted octanol–water partition coefficient (Wildman–Crippen LogP) is 0.805. The van der Waals surface area contributed by atoms with Crippen LogP contribution in [0.5, 0.6) is 0 Å². The Labute approximate surface area is 105 Å². The largest absolute Gasteiger partial charge is 0.289 e. The molecule has 0 aromatic carbocycles. The van der Waals surface area contributed by atoms with E-state index in [1.807, 2.05) is 0 Å². The lowest BCUT2D eigenvalue weighted by atomic mass is 10.5. The van der Waals surface area contributed by atoms with Gasteiger partial charge in [0.15, 0.2) is 0 Å². The summed E-state index contributed by atoms with van der Waals surface area (Å²) in [4.78, 5) is 24.4. The number of aromatic nitrogens is 4. The van der Waals surface area contributed by atoms with Gasteiger partial charge in [0.2, 0.25) is 0 Å². The Morgan fingerprint density at radius 1 is 0.778 bits per heavy atom. The zero-order chi connectivity index (χ0) is 12.5. The van der Waals surface area contributed by atoms with Crippen LogP contribution >= 0.6 is 0 Å². The molecule has 0 amide bonds. The SMILES string of the molecule is C(=N\CC/N=C/c1cnccn1)/c1cnccn1. The van der Waals surface area contributed by atoms with Gasteiger partial charge in [-0.3, -0.25) is 29.9 Å². The van der Waals surface area contributed by atoms with Crippen molar-refractivity contribution in [3.05, 3.63) is 48.6 Å². The second-order valence-electron chi connectivity index (χ2n) is 3.33. The average Bonchev–Trinajstić information content (AvgIpc) is 2.45. The number of aliphatic imine (C=N–C) groups is 2. The van der Waals surface area contributed by atoms with E-state index in [0.29, 0.717) is 13.1 Å². The molecule has 0 saturated heterocycles. The first-order valence-electron chi connectivity index (χ1n) is 5.47. The van der Waals surface area contributed by atoms with Gasteiger partial charge in [-0.05, 0) is 0 Å². The number of nitrogens with zero attached hydrogens (tertiary/aromatic N) is 6. The molecule has 2 rings (SSSR count). The maximum Gasteiger partial charge on any atom is 0.0990 e. The molecule has 0 aliphatic heterocycles. The van der Waals surface area contributed by atoms with E-state index in [2.05, 4.69) is 29.9 Å². The zero-order valence-corrected chi connectivity index (χ0v) is 9.72. The highest BCUT2D eigenvalue weighted by atomic mass is 14.8. The van der Waals surface area contributed by atoms with Crippen LogP contribution in [-0.4, -0.2) is 45.5 Å². The third-order valence-electron chi connectivity index (χ3n) is 1.97. The van der Waals surface area contributed by atoms with Gasteiger partial charge >= 0.3 is 0 Å². The lowest BCUT2D eigenvalue weighted by Crippen LogP contribution is -1.93. The molecule has 2 heterocycles. The number of hydrogen-bond acceptors (Lipinski definition) is 6. The second kappa shape index (κ2) is 6.95. The summed E-state index contributed by atoms with van der Waals surface area (Å²) in [6.07, 6.45) is 13.2. The highest BCUT2D eigenvalue weighted by Gasteiger charge is 1.87. The molecular weight excluding hydrogens is 228 g/mol. The Hall–Kier alpha value is -2.50. The molecule has 2 aromatic rings. The lowest BCUT2D eigenvalue weighted by Gasteiger charge is -1.91. The Kier molecular flexibility index (Phi) is 4.62. The molecule has 0 atom stereocenters. The Balaban J connectivity index is 1.73. The van der Waals surface area contributed by atoms with Gasteiger partial charge < -0.3 is 0 Å². The van der Waals surface area contributed by atoms with Crippen LogP contribution < -0.4 is 0 Å². The first-order chi connectivity index (χ1) is 8.95. The van der Waals surface area contributed by atoms with Gasteiger partial charge in [-0.2, -0.15) is 0 Å². The van der Waals surface area contributed by atoms with Crippen LogP contribution in [0.1, 0.15) is 11.4 Å². The minimum Gasteiger partial charge on any atom is -0.289 e. The van der Waals surface area contributed by atoms with Crippen LogP contribution in [0.4, 0.5) is 0 Å². The highest BCUT2D eigenvalue weighted by molar-refractivity contribution is 5.77. The van der Waals surface area contributed by atoms with E-state index in [-0.39, 0.29) is 0 Å². The van der Waals surface area contributed by atoms with Crippen LogP contribution in [0.2, 0.25) is 0 Å². The van der Waals surface area contributed by atoms with Gasteiger partial charge in [0, 0.05) is 37.2 Å². The fourth-order valence-corrected chi connectivity index (χ4v) is 1.19. The molecule has 0 bridgehead atoms. The second-order valence-corrected chi connectivity index (χ2v) is 3.33. The van der Waals surface area contributed by atoms with Crippen molar-refractivity contribution >= 4 is 12.4 Å². The zero-order valence-electron chi connectivity index (χ0n) is 9.72. The van der Waals surface area contributed by atoms with E-state index in [4.69, 9.17) is 0 Å². The molecule has 90 valence electrons. The maximum absolute atomic E-state index is 4.20. The molecule has 2 aromatic heterocycles. The van der Waals surface area contributed by atoms with Crippen molar-refractivity contribution in [2.75, 3.05) is 13.1 Å². The quantitative estimate of drug-likeness (QED) is 0.572. The van der Waals surface area contributed by atoms with Crippen LogP contribution in [0, 0.1) is 0 Å². The first kappa shape index (κ1) is 12.0. The lowest BCUT2D eigenvalue weighted by molar-refractivity contribution is 0.981. The Morgan fingerprint density at radius 2 is 1.28 bits per heavy atom. The maximum atomic E-state index is 4.20. The standard InChI is InChI=1S/C12H12N6/c1(13-7-11-9-15-3-5-17-11)2-14-8-12-10-16-4-6-18-12/h3-10H,1-2H2/b13-7+,14-8+. The summed E-state index contributed by atoms with van der Waals surface area (Å²) < 4.78 is 0. The smallest absolute Gasteiger partial charge is 0.0990 e. The number of hydrogen-bond donors (Lipinski definition) is 0. The summed E-state index contributed by atoms with van der Waals surface area (Å²) in [6, 6.07) is 0. The first-order valence-corrected chi connectivity index (χ1v) is 5.47. The summed E-state index contributed by atoms with van der Waals surface area (Å²) in [7, 11) is 0. The van der Waals surface area contributed by atoms with Crippen molar-refractivity contribution in [2.45, 2.75) is 0 Å². The minimum absolute atomic E-state index is 0.605. The summed E-state index contributed by atoms with van der Waals surface area (Å²) in [5, 5.41) is 0. The van der Waals surface area contributed by atoms with Crippen LogP contribution in [0.3, 0.4) is 0 Å². The molecule has 0 fully saturated rings. The van der Waals surface area contributed by atoms with E-state index in [1.165, 1.54) is 0 Å². The number of rotatable bonds is 5. The van der Waals surface area contributed by atoms with Crippen molar-refractivity contribution in [2.24, 2.45) is 9.98 Å². The van der Waals surface area contributed by atoms with Crippen LogP contribution in [0.25, 0.3) is 0 Å². The molecular formula is C12H12N6. The van der Waals surface area contributed by atoms with Gasteiger partial charge in [0.25, 0.3) is 0 Å². The monoisotopic (exact) mass is 240 g/mol. The molecule has 0 N–H and O–H groups in total. The van der Waals surface area contributed by atoms with E-state index in [0.717, 1.165) is 11.4 Å². The average molecular weight is 240 g/mol. The third kappa shape index (κ3) is 4.17.